The molecule has 6 heteroatoms. The summed E-state index contributed by atoms with van der Waals surface area (Å²) in [6, 6.07) is 2.97. The highest BCUT2D eigenvalue weighted by Gasteiger charge is 2.18. The monoisotopic (exact) mass is 267 g/mol. The zero-order chi connectivity index (χ0) is 14.4. The van der Waals surface area contributed by atoms with Crippen LogP contribution in [0.4, 0.5) is 4.39 Å². The van der Waals surface area contributed by atoms with Crippen LogP contribution in [0.3, 0.4) is 0 Å². The molecule has 0 aliphatic rings. The molecule has 2 radical (unpaired) electrons. The number of aromatic nitrogens is 3. The fourth-order valence-electron chi connectivity index (χ4n) is 2.36. The summed E-state index contributed by atoms with van der Waals surface area (Å²) >= 11 is 0. The fourth-order valence-corrected chi connectivity index (χ4v) is 2.36. The van der Waals surface area contributed by atoms with Gasteiger partial charge in [-0.05, 0) is 32.4 Å². The predicted molar refractivity (Wildman–Crippen MR) is 74.6 cm³/mol. The van der Waals surface area contributed by atoms with E-state index >= 15 is 0 Å². The zero-order valence-corrected chi connectivity index (χ0v) is 11.4. The molecule has 3 aromatic rings. The number of fused-ring (bicyclic) bond motifs is 1. The summed E-state index contributed by atoms with van der Waals surface area (Å²) in [6.07, 6.45) is 0. The van der Waals surface area contributed by atoms with Crippen LogP contribution < -0.4 is 5.46 Å². The Balaban J connectivity index is 2.39. The lowest BCUT2D eigenvalue weighted by Gasteiger charge is -2.10. The van der Waals surface area contributed by atoms with E-state index < -0.39 is 5.82 Å². The van der Waals surface area contributed by atoms with Crippen molar-refractivity contribution in [2.75, 3.05) is 0 Å². The average Bonchev–Trinajstić information content (AvgIpc) is 2.78. The second kappa shape index (κ2) is 4.40. The average molecular weight is 267 g/mol. The second-order valence-electron chi connectivity index (χ2n) is 4.74. The van der Waals surface area contributed by atoms with E-state index in [9.17, 15) is 4.39 Å². The van der Waals surface area contributed by atoms with Crippen LogP contribution in [0.5, 0.6) is 0 Å². The van der Waals surface area contributed by atoms with E-state index in [2.05, 4.69) is 15.1 Å². The molecule has 0 bridgehead atoms. The lowest BCUT2D eigenvalue weighted by Crippen LogP contribution is -2.06. The van der Waals surface area contributed by atoms with Crippen LogP contribution in [-0.2, 0) is 0 Å². The maximum Gasteiger partial charge on any atom is 0.260 e. The number of rotatable bonds is 1. The van der Waals surface area contributed by atoms with E-state index in [1.807, 2.05) is 6.92 Å². The molecule has 3 rings (SSSR count). The van der Waals surface area contributed by atoms with Crippen molar-refractivity contribution < 1.29 is 8.91 Å². The van der Waals surface area contributed by atoms with Crippen LogP contribution in [0.25, 0.3) is 22.4 Å². The van der Waals surface area contributed by atoms with Crippen molar-refractivity contribution in [2.24, 2.45) is 0 Å². The first-order valence-electron chi connectivity index (χ1n) is 6.14. The van der Waals surface area contributed by atoms with Gasteiger partial charge in [-0.2, -0.15) is 4.98 Å². The highest BCUT2D eigenvalue weighted by molar-refractivity contribution is 6.33. The van der Waals surface area contributed by atoms with Crippen molar-refractivity contribution in [1.29, 1.82) is 0 Å². The van der Waals surface area contributed by atoms with Crippen molar-refractivity contribution >= 4 is 24.2 Å². The third-order valence-corrected chi connectivity index (χ3v) is 3.25. The molecule has 2 aromatic heterocycles. The van der Waals surface area contributed by atoms with E-state index in [0.29, 0.717) is 33.8 Å². The highest BCUT2D eigenvalue weighted by Crippen LogP contribution is 2.30. The number of pyridine rings is 1. The number of halogens is 1. The number of hydrogen-bond donors (Lipinski definition) is 0. The maximum atomic E-state index is 14.0. The standard InChI is InChI=1S/C14H11BFN3O/c1-6-10-4-9(15)5-11(16)13(10)17-7(2)12(6)14-18-8(3)19-20-14/h4-5H,1-3H3. The first-order chi connectivity index (χ1) is 9.47. The molecule has 0 amide bonds. The Hall–Kier alpha value is -2.24. The Morgan fingerprint density at radius 2 is 1.90 bits per heavy atom. The summed E-state index contributed by atoms with van der Waals surface area (Å²) < 4.78 is 19.1. The van der Waals surface area contributed by atoms with E-state index in [-0.39, 0.29) is 0 Å². The van der Waals surface area contributed by atoms with Gasteiger partial charge in [0.1, 0.15) is 19.2 Å². The summed E-state index contributed by atoms with van der Waals surface area (Å²) in [5.41, 5.74) is 2.85. The third-order valence-electron chi connectivity index (χ3n) is 3.25. The van der Waals surface area contributed by atoms with Gasteiger partial charge in [0.15, 0.2) is 5.82 Å². The molecule has 98 valence electrons. The molecule has 4 nitrogen and oxygen atoms in total. The number of nitrogens with zero attached hydrogens (tertiary/aromatic N) is 3. The van der Waals surface area contributed by atoms with Gasteiger partial charge in [0.25, 0.3) is 5.89 Å². The van der Waals surface area contributed by atoms with Gasteiger partial charge in [-0.1, -0.05) is 16.7 Å². The van der Waals surface area contributed by atoms with Gasteiger partial charge in [-0.3, -0.25) is 0 Å². The largest absolute Gasteiger partial charge is 0.334 e. The predicted octanol–water partition coefficient (Wildman–Crippen LogP) is 2.14. The minimum atomic E-state index is -0.431. The van der Waals surface area contributed by atoms with Gasteiger partial charge in [0.05, 0.1) is 11.3 Å². The summed E-state index contributed by atoms with van der Waals surface area (Å²) in [5, 5.41) is 4.43. The van der Waals surface area contributed by atoms with E-state index in [0.717, 1.165) is 11.1 Å². The maximum absolute atomic E-state index is 14.0. The molecule has 0 atom stereocenters. The minimum Gasteiger partial charge on any atom is -0.334 e. The highest BCUT2D eigenvalue weighted by atomic mass is 19.1. The minimum absolute atomic E-state index is 0.300. The van der Waals surface area contributed by atoms with Crippen LogP contribution in [0.15, 0.2) is 16.7 Å². The topological polar surface area (TPSA) is 51.8 Å². The molecule has 2 heterocycles. The Bertz CT molecular complexity index is 829. The summed E-state index contributed by atoms with van der Waals surface area (Å²) in [5.74, 6) is 0.492. The smallest absolute Gasteiger partial charge is 0.260 e. The molecule has 0 N–H and O–H groups in total. The van der Waals surface area contributed by atoms with Gasteiger partial charge < -0.3 is 4.52 Å². The lowest BCUT2D eigenvalue weighted by atomic mass is 9.91. The van der Waals surface area contributed by atoms with Crippen LogP contribution in [0.2, 0.25) is 0 Å². The van der Waals surface area contributed by atoms with E-state index in [1.165, 1.54) is 6.07 Å². The molecular formula is C14H11BFN3O. The molecule has 0 unspecified atom stereocenters. The Labute approximate surface area is 116 Å². The molecule has 0 spiro atoms. The molecule has 0 saturated heterocycles. The van der Waals surface area contributed by atoms with Gasteiger partial charge in [0.2, 0.25) is 0 Å². The Morgan fingerprint density at radius 3 is 2.55 bits per heavy atom. The molecule has 20 heavy (non-hydrogen) atoms. The van der Waals surface area contributed by atoms with E-state index in [4.69, 9.17) is 12.4 Å². The molecular weight excluding hydrogens is 256 g/mol. The van der Waals surface area contributed by atoms with Crippen molar-refractivity contribution in [3.63, 3.8) is 0 Å². The Morgan fingerprint density at radius 1 is 1.15 bits per heavy atom. The van der Waals surface area contributed by atoms with Gasteiger partial charge in [0, 0.05) is 5.39 Å². The summed E-state index contributed by atoms with van der Waals surface area (Å²) in [7, 11) is 5.71. The van der Waals surface area contributed by atoms with Crippen LogP contribution >= 0.6 is 0 Å². The third kappa shape index (κ3) is 1.88. The molecule has 0 aliphatic carbocycles. The van der Waals surface area contributed by atoms with Crippen molar-refractivity contribution in [3.05, 3.63) is 35.0 Å². The van der Waals surface area contributed by atoms with E-state index in [1.54, 1.807) is 19.9 Å². The molecule has 1 aromatic carbocycles. The van der Waals surface area contributed by atoms with Gasteiger partial charge >= 0.3 is 0 Å². The Kier molecular flexibility index (Phi) is 2.81. The number of benzene rings is 1. The fraction of sp³-hybridized carbons (Fsp3) is 0.214. The molecule has 0 fully saturated rings. The lowest BCUT2D eigenvalue weighted by molar-refractivity contribution is 0.425. The van der Waals surface area contributed by atoms with Crippen LogP contribution in [-0.4, -0.2) is 23.0 Å². The number of hydrogen-bond acceptors (Lipinski definition) is 4. The first-order valence-corrected chi connectivity index (χ1v) is 6.14. The second-order valence-corrected chi connectivity index (χ2v) is 4.74. The van der Waals surface area contributed by atoms with Gasteiger partial charge in [-0.15, -0.1) is 0 Å². The SMILES string of the molecule is [B]c1cc(F)c2nc(C)c(-c3nc(C)no3)c(C)c2c1. The number of aryl methyl sites for hydroxylation is 3. The normalized spacial score (nSPS) is 11.2. The van der Waals surface area contributed by atoms with Crippen LogP contribution in [0.1, 0.15) is 17.1 Å². The zero-order valence-electron chi connectivity index (χ0n) is 11.4. The van der Waals surface area contributed by atoms with Crippen molar-refractivity contribution in [2.45, 2.75) is 20.8 Å². The van der Waals surface area contributed by atoms with Gasteiger partial charge in [-0.25, -0.2) is 9.37 Å². The summed E-state index contributed by atoms with van der Waals surface area (Å²) in [4.78, 5) is 8.52. The van der Waals surface area contributed by atoms with Crippen molar-refractivity contribution in [3.8, 4) is 11.5 Å². The van der Waals surface area contributed by atoms with Crippen LogP contribution in [0, 0.1) is 26.6 Å². The quantitative estimate of drug-likeness (QED) is 0.634. The van der Waals surface area contributed by atoms with Crippen molar-refractivity contribution in [1.82, 2.24) is 15.1 Å². The molecule has 0 aliphatic heterocycles. The molecule has 0 saturated carbocycles. The summed E-state index contributed by atoms with van der Waals surface area (Å²) in [6.45, 7) is 5.39. The first kappa shape index (κ1) is 12.8.